The first-order valence-electron chi connectivity index (χ1n) is 13.6. The van der Waals surface area contributed by atoms with Crippen molar-refractivity contribution in [2.24, 2.45) is 5.92 Å². The van der Waals surface area contributed by atoms with Gasteiger partial charge < -0.3 is 15.1 Å². The van der Waals surface area contributed by atoms with Gasteiger partial charge >= 0.3 is 12.4 Å². The lowest BCUT2D eigenvalue weighted by Crippen LogP contribution is -2.54. The summed E-state index contributed by atoms with van der Waals surface area (Å²) in [6, 6.07) is 5.30. The molecule has 2 aromatic carbocycles. The van der Waals surface area contributed by atoms with E-state index in [4.69, 9.17) is 0 Å². The summed E-state index contributed by atoms with van der Waals surface area (Å²) in [7, 11) is 1.31. The van der Waals surface area contributed by atoms with Crippen LogP contribution >= 0.6 is 12.4 Å². The van der Waals surface area contributed by atoms with Crippen LogP contribution in [-0.4, -0.2) is 78.7 Å². The molecule has 0 radical (unpaired) electrons. The number of hydrogen-bond donors (Lipinski definition) is 1. The van der Waals surface area contributed by atoms with Gasteiger partial charge in [0.05, 0.1) is 24.2 Å². The van der Waals surface area contributed by atoms with Crippen LogP contribution in [0.5, 0.6) is 0 Å². The molecule has 0 bridgehead atoms. The number of nitrogens with zero attached hydrogens (tertiary/aromatic N) is 3. The zero-order chi connectivity index (χ0) is 31.7. The van der Waals surface area contributed by atoms with Gasteiger partial charge in [-0.2, -0.15) is 26.3 Å². The summed E-state index contributed by atoms with van der Waals surface area (Å²) in [6.07, 6.45) is -9.81. The number of piperazine rings is 1. The van der Waals surface area contributed by atoms with Crippen LogP contribution in [0.3, 0.4) is 0 Å². The highest BCUT2D eigenvalue weighted by molar-refractivity contribution is 5.87. The molecule has 4 rings (SSSR count). The smallest absolute Gasteiger partial charge is 0.353 e. The maximum Gasteiger partial charge on any atom is 0.416 e. The quantitative estimate of drug-likeness (QED) is 0.463. The van der Waals surface area contributed by atoms with Crippen molar-refractivity contribution in [2.45, 2.75) is 38.2 Å². The highest BCUT2D eigenvalue weighted by atomic mass is 35.5. The molecule has 2 atom stereocenters. The SMILES string of the molecule is Cc1cc(F)ccc1C1CN(CC(=O)N2CCNC(=O)C2)CCC1C(=O)N(C)Cc1cc(C(F)(F)F)cc(C(F)(F)F)c1.Cl. The predicted molar refractivity (Wildman–Crippen MR) is 148 cm³/mol. The van der Waals surface area contributed by atoms with E-state index in [1.165, 1.54) is 30.1 Å². The summed E-state index contributed by atoms with van der Waals surface area (Å²) < 4.78 is 94.1. The lowest BCUT2D eigenvalue weighted by molar-refractivity contribution is -0.143. The summed E-state index contributed by atoms with van der Waals surface area (Å²) in [5, 5.41) is 2.65. The molecule has 0 aliphatic carbocycles. The van der Waals surface area contributed by atoms with Crippen molar-refractivity contribution in [3.05, 3.63) is 70.0 Å². The molecule has 2 unspecified atom stereocenters. The van der Waals surface area contributed by atoms with Crippen LogP contribution in [0.25, 0.3) is 0 Å². The van der Waals surface area contributed by atoms with Gasteiger partial charge in [0.15, 0.2) is 0 Å². The molecule has 7 nitrogen and oxygen atoms in total. The minimum atomic E-state index is -5.02. The number of benzene rings is 2. The second-order valence-electron chi connectivity index (χ2n) is 11.0. The average Bonchev–Trinajstić information content (AvgIpc) is 2.91. The van der Waals surface area contributed by atoms with Crippen LogP contribution in [0, 0.1) is 18.7 Å². The van der Waals surface area contributed by atoms with Gasteiger partial charge in [-0.15, -0.1) is 12.4 Å². The van der Waals surface area contributed by atoms with Crippen LogP contribution in [0.1, 0.15) is 40.2 Å². The van der Waals surface area contributed by atoms with E-state index in [1.54, 1.807) is 6.92 Å². The molecule has 2 aliphatic rings. The molecular formula is C29H32ClF7N4O3. The van der Waals surface area contributed by atoms with Crippen molar-refractivity contribution >= 4 is 30.1 Å². The van der Waals surface area contributed by atoms with Crippen LogP contribution < -0.4 is 5.32 Å². The number of amides is 3. The molecule has 0 saturated carbocycles. The second-order valence-corrected chi connectivity index (χ2v) is 11.0. The Morgan fingerprint density at radius 3 is 2.20 bits per heavy atom. The third-order valence-electron chi connectivity index (χ3n) is 7.84. The Morgan fingerprint density at radius 1 is 1.00 bits per heavy atom. The normalized spacial score (nSPS) is 19.7. The third kappa shape index (κ3) is 8.40. The summed E-state index contributed by atoms with van der Waals surface area (Å²) in [5.41, 5.74) is -2.08. The Kier molecular flexibility index (Phi) is 10.9. The summed E-state index contributed by atoms with van der Waals surface area (Å²) in [5.74, 6) is -2.81. The van der Waals surface area contributed by atoms with Gasteiger partial charge in [-0.3, -0.25) is 19.3 Å². The molecular weight excluding hydrogens is 621 g/mol. The molecule has 15 heteroatoms. The number of nitrogens with one attached hydrogen (secondary N) is 1. The number of carbonyl (C=O) groups excluding carboxylic acids is 3. The second kappa shape index (κ2) is 13.7. The molecule has 2 aromatic rings. The van der Waals surface area contributed by atoms with Gasteiger partial charge in [0.1, 0.15) is 5.82 Å². The molecule has 2 saturated heterocycles. The lowest BCUT2D eigenvalue weighted by atomic mass is 9.78. The summed E-state index contributed by atoms with van der Waals surface area (Å²) >= 11 is 0. The number of rotatable bonds is 6. The first-order chi connectivity index (χ1) is 20.0. The van der Waals surface area contributed by atoms with Gasteiger partial charge in [0.25, 0.3) is 0 Å². The molecule has 2 fully saturated rings. The molecule has 2 aliphatic heterocycles. The van der Waals surface area contributed by atoms with E-state index in [-0.39, 0.29) is 61.9 Å². The molecule has 44 heavy (non-hydrogen) atoms. The fraction of sp³-hybridized carbons (Fsp3) is 0.483. The molecule has 3 amide bonds. The van der Waals surface area contributed by atoms with Crippen molar-refractivity contribution in [2.75, 3.05) is 46.3 Å². The van der Waals surface area contributed by atoms with Gasteiger partial charge in [-0.05, 0) is 66.9 Å². The minimum absolute atomic E-state index is 0. The van der Waals surface area contributed by atoms with E-state index in [9.17, 15) is 45.1 Å². The van der Waals surface area contributed by atoms with E-state index in [1.807, 2.05) is 4.90 Å². The van der Waals surface area contributed by atoms with E-state index in [0.29, 0.717) is 42.9 Å². The zero-order valence-corrected chi connectivity index (χ0v) is 24.7. The van der Waals surface area contributed by atoms with Crippen molar-refractivity contribution < 1.29 is 45.1 Å². The predicted octanol–water partition coefficient (Wildman–Crippen LogP) is 4.62. The number of carbonyl (C=O) groups is 3. The zero-order valence-electron chi connectivity index (χ0n) is 23.9. The number of hydrogen-bond acceptors (Lipinski definition) is 4. The summed E-state index contributed by atoms with van der Waals surface area (Å²) in [6.45, 7) is 2.28. The largest absolute Gasteiger partial charge is 0.416 e. The van der Waals surface area contributed by atoms with Crippen LogP contribution in [0.15, 0.2) is 36.4 Å². The molecule has 0 aromatic heterocycles. The summed E-state index contributed by atoms with van der Waals surface area (Å²) in [4.78, 5) is 42.7. The maximum absolute atomic E-state index is 13.9. The van der Waals surface area contributed by atoms with E-state index in [2.05, 4.69) is 5.32 Å². The van der Waals surface area contributed by atoms with Gasteiger partial charge in [0.2, 0.25) is 17.7 Å². The average molecular weight is 653 g/mol. The monoisotopic (exact) mass is 652 g/mol. The number of piperidine rings is 1. The van der Waals surface area contributed by atoms with Gasteiger partial charge in [-0.25, -0.2) is 4.39 Å². The molecule has 242 valence electrons. The van der Waals surface area contributed by atoms with Crippen LogP contribution in [0.2, 0.25) is 0 Å². The Balaban J connectivity index is 0.00000529. The van der Waals surface area contributed by atoms with Crippen molar-refractivity contribution in [1.82, 2.24) is 20.0 Å². The topological polar surface area (TPSA) is 73.0 Å². The van der Waals surface area contributed by atoms with Crippen molar-refractivity contribution in [3.63, 3.8) is 0 Å². The van der Waals surface area contributed by atoms with Gasteiger partial charge in [-0.1, -0.05) is 6.07 Å². The highest BCUT2D eigenvalue weighted by Crippen LogP contribution is 2.38. The van der Waals surface area contributed by atoms with E-state index in [0.717, 1.165) is 4.90 Å². The fourth-order valence-corrected chi connectivity index (χ4v) is 5.72. The first-order valence-corrected chi connectivity index (χ1v) is 13.6. The standard InChI is InChI=1S/C29H31F7N4O3.ClH/c1-17-9-21(30)3-4-22(17)24-14-39(16-26(42)40-8-6-37-25(41)15-40)7-5-23(24)27(43)38(2)13-18-10-19(28(31,32)33)12-20(11-18)29(34,35)36;/h3-4,9-12,23-24H,5-8,13-16H2,1-2H3,(H,37,41);1H. The van der Waals surface area contributed by atoms with E-state index >= 15 is 0 Å². The Hall–Kier alpha value is -3.39. The number of halogens is 8. The third-order valence-corrected chi connectivity index (χ3v) is 7.84. The van der Waals surface area contributed by atoms with Crippen LogP contribution in [0.4, 0.5) is 30.7 Å². The fourth-order valence-electron chi connectivity index (χ4n) is 5.72. The maximum atomic E-state index is 13.9. The minimum Gasteiger partial charge on any atom is -0.353 e. The first kappa shape index (κ1) is 35.1. The van der Waals surface area contributed by atoms with Crippen LogP contribution in [-0.2, 0) is 33.3 Å². The van der Waals surface area contributed by atoms with E-state index < -0.39 is 53.6 Å². The highest BCUT2D eigenvalue weighted by Gasteiger charge is 2.40. The number of likely N-dealkylation sites (tertiary alicyclic amines) is 1. The van der Waals surface area contributed by atoms with Gasteiger partial charge in [0, 0.05) is 45.1 Å². The molecule has 0 spiro atoms. The molecule has 2 heterocycles. The lowest BCUT2D eigenvalue weighted by Gasteiger charge is -2.40. The van der Waals surface area contributed by atoms with Crippen molar-refractivity contribution in [3.8, 4) is 0 Å². The Labute approximate surface area is 255 Å². The Morgan fingerprint density at radius 2 is 1.64 bits per heavy atom. The molecule has 1 N–H and O–H groups in total. The number of alkyl halides is 6. The van der Waals surface area contributed by atoms with Crippen molar-refractivity contribution in [1.29, 1.82) is 0 Å². The Bertz CT molecular complexity index is 1350. The number of aryl methyl sites for hydroxylation is 1.